The van der Waals surface area contributed by atoms with Crippen molar-refractivity contribution in [2.45, 2.75) is 13.0 Å². The molecule has 7 heteroatoms. The van der Waals surface area contributed by atoms with E-state index in [0.29, 0.717) is 29.2 Å². The smallest absolute Gasteiger partial charge is 0.301 e. The summed E-state index contributed by atoms with van der Waals surface area (Å²) in [6, 6.07) is 16.3. The van der Waals surface area contributed by atoms with Crippen LogP contribution in [-0.2, 0) is 9.59 Å². The van der Waals surface area contributed by atoms with Crippen LogP contribution in [0.15, 0.2) is 83.4 Å². The fraction of sp³-hybridized carbons (Fsp3) is 0.125. The first kappa shape index (κ1) is 20.2. The molecule has 1 aliphatic heterocycles. The molecule has 0 spiro atoms. The minimum absolute atomic E-state index is 0.0299. The maximum atomic E-state index is 13.0. The largest absolute Gasteiger partial charge is 0.507 e. The third kappa shape index (κ3) is 3.73. The van der Waals surface area contributed by atoms with E-state index in [1.807, 2.05) is 0 Å². The molecule has 1 amide bonds. The Labute approximate surface area is 178 Å². The molecule has 2 aromatic carbocycles. The Morgan fingerprint density at radius 2 is 1.97 bits per heavy atom. The molecule has 1 aliphatic rings. The summed E-state index contributed by atoms with van der Waals surface area (Å²) in [5.74, 6) is -0.642. The number of benzene rings is 2. The van der Waals surface area contributed by atoms with Crippen LogP contribution >= 0.6 is 0 Å². The van der Waals surface area contributed by atoms with E-state index in [4.69, 9.17) is 9.26 Å². The molecule has 3 aromatic rings. The number of carbonyl (C=O) groups is 2. The van der Waals surface area contributed by atoms with Crippen LogP contribution in [0.5, 0.6) is 5.75 Å². The van der Waals surface area contributed by atoms with E-state index in [0.717, 1.165) is 0 Å². The van der Waals surface area contributed by atoms with Gasteiger partial charge in [0.15, 0.2) is 5.82 Å². The number of aromatic nitrogens is 1. The highest BCUT2D eigenvalue weighted by Crippen LogP contribution is 2.42. The van der Waals surface area contributed by atoms with Gasteiger partial charge >= 0.3 is 5.91 Å². The van der Waals surface area contributed by atoms with Crippen LogP contribution in [0.4, 0.5) is 5.82 Å². The van der Waals surface area contributed by atoms with Crippen LogP contribution in [0.1, 0.15) is 22.9 Å². The first-order chi connectivity index (χ1) is 15.0. The molecule has 156 valence electrons. The van der Waals surface area contributed by atoms with E-state index in [2.05, 4.69) is 11.7 Å². The number of Topliss-reactive ketones (excluding diaryl/α,β-unsaturated/α-hetero) is 1. The van der Waals surface area contributed by atoms with Crippen molar-refractivity contribution < 1.29 is 24.0 Å². The number of anilines is 1. The van der Waals surface area contributed by atoms with Gasteiger partial charge in [0.2, 0.25) is 0 Å². The second-order valence-electron chi connectivity index (χ2n) is 7.00. The van der Waals surface area contributed by atoms with E-state index in [1.54, 1.807) is 73.7 Å². The van der Waals surface area contributed by atoms with Gasteiger partial charge in [0.1, 0.15) is 23.9 Å². The number of aliphatic hydroxyl groups is 1. The molecule has 31 heavy (non-hydrogen) atoms. The average Bonchev–Trinajstić information content (AvgIpc) is 3.33. The molecule has 1 fully saturated rings. The highest BCUT2D eigenvalue weighted by molar-refractivity contribution is 6.51. The highest BCUT2D eigenvalue weighted by atomic mass is 16.5. The number of nitrogens with zero attached hydrogens (tertiary/aromatic N) is 2. The molecule has 1 N–H and O–H groups in total. The van der Waals surface area contributed by atoms with Crippen LogP contribution < -0.4 is 9.64 Å². The third-order valence-electron chi connectivity index (χ3n) is 4.90. The fourth-order valence-corrected chi connectivity index (χ4v) is 3.53. The maximum absolute atomic E-state index is 13.0. The van der Waals surface area contributed by atoms with Crippen molar-refractivity contribution in [3.8, 4) is 5.75 Å². The lowest BCUT2D eigenvalue weighted by Gasteiger charge is -2.23. The predicted octanol–water partition coefficient (Wildman–Crippen LogP) is 4.17. The lowest BCUT2D eigenvalue weighted by molar-refractivity contribution is -0.132. The van der Waals surface area contributed by atoms with Gasteiger partial charge in [-0.2, -0.15) is 0 Å². The summed E-state index contributed by atoms with van der Waals surface area (Å²) in [6.07, 6.45) is 1.62. The molecule has 1 unspecified atom stereocenters. The van der Waals surface area contributed by atoms with Gasteiger partial charge in [-0.1, -0.05) is 60.3 Å². The number of hydrogen-bond acceptors (Lipinski definition) is 6. The van der Waals surface area contributed by atoms with Gasteiger partial charge in [-0.15, -0.1) is 0 Å². The zero-order chi connectivity index (χ0) is 22.0. The zero-order valence-electron chi connectivity index (χ0n) is 16.8. The van der Waals surface area contributed by atoms with Crippen molar-refractivity contribution in [1.82, 2.24) is 5.16 Å². The van der Waals surface area contributed by atoms with Crippen molar-refractivity contribution >= 4 is 23.3 Å². The molecular formula is C24H20N2O5. The molecule has 1 aromatic heterocycles. The molecule has 0 saturated carbocycles. The third-order valence-corrected chi connectivity index (χ3v) is 4.90. The van der Waals surface area contributed by atoms with Crippen molar-refractivity contribution in [3.63, 3.8) is 0 Å². The molecule has 1 saturated heterocycles. The lowest BCUT2D eigenvalue weighted by atomic mass is 9.95. The normalized spacial score (nSPS) is 17.7. The van der Waals surface area contributed by atoms with E-state index in [9.17, 15) is 14.7 Å². The van der Waals surface area contributed by atoms with Crippen molar-refractivity contribution in [2.75, 3.05) is 11.5 Å². The maximum Gasteiger partial charge on any atom is 0.301 e. The Bertz CT molecular complexity index is 1180. The Morgan fingerprint density at radius 3 is 2.65 bits per heavy atom. The summed E-state index contributed by atoms with van der Waals surface area (Å²) in [5, 5.41) is 14.9. The zero-order valence-corrected chi connectivity index (χ0v) is 16.8. The first-order valence-electron chi connectivity index (χ1n) is 9.64. The summed E-state index contributed by atoms with van der Waals surface area (Å²) >= 11 is 0. The second-order valence-corrected chi connectivity index (χ2v) is 7.00. The van der Waals surface area contributed by atoms with Gasteiger partial charge in [-0.25, -0.2) is 0 Å². The molecule has 4 rings (SSSR count). The van der Waals surface area contributed by atoms with Gasteiger partial charge in [-0.3, -0.25) is 14.5 Å². The number of hydrogen-bond donors (Lipinski definition) is 1. The monoisotopic (exact) mass is 416 g/mol. The molecule has 0 bridgehead atoms. The number of aryl methyl sites for hydroxylation is 1. The average molecular weight is 416 g/mol. The summed E-state index contributed by atoms with van der Waals surface area (Å²) in [4.78, 5) is 27.3. The van der Waals surface area contributed by atoms with Crippen LogP contribution in [0.3, 0.4) is 0 Å². The Balaban J connectivity index is 1.91. The summed E-state index contributed by atoms with van der Waals surface area (Å²) in [6.45, 7) is 5.63. The Kier molecular flexibility index (Phi) is 5.41. The molecule has 7 nitrogen and oxygen atoms in total. The van der Waals surface area contributed by atoms with Crippen LogP contribution in [0.25, 0.3) is 5.76 Å². The minimum atomic E-state index is -0.906. The standard InChI is InChI=1S/C24H20N2O5/c1-3-12-30-18-11-7-10-17(14-18)21-20(22(27)16-8-5-4-6-9-16)23(28)24(29)26(21)19-13-15(2)31-25-19/h3-11,13-14,21,27H,1,12H2,2H3/b22-20-. The van der Waals surface area contributed by atoms with E-state index < -0.39 is 17.7 Å². The Morgan fingerprint density at radius 1 is 1.19 bits per heavy atom. The van der Waals surface area contributed by atoms with Crippen LogP contribution in [-0.4, -0.2) is 28.6 Å². The van der Waals surface area contributed by atoms with Gasteiger partial charge in [0.05, 0.1) is 11.6 Å². The number of ketones is 1. The molecule has 0 aliphatic carbocycles. The van der Waals surface area contributed by atoms with Gasteiger partial charge < -0.3 is 14.4 Å². The van der Waals surface area contributed by atoms with Gasteiger partial charge in [0.25, 0.3) is 5.78 Å². The van der Waals surface area contributed by atoms with Crippen molar-refractivity contribution in [1.29, 1.82) is 0 Å². The minimum Gasteiger partial charge on any atom is -0.507 e. The topological polar surface area (TPSA) is 92.9 Å². The number of rotatable bonds is 6. The molecule has 0 radical (unpaired) electrons. The van der Waals surface area contributed by atoms with Crippen molar-refractivity contribution in [3.05, 3.63) is 95.8 Å². The summed E-state index contributed by atoms with van der Waals surface area (Å²) in [5.41, 5.74) is 0.984. The molecule has 2 heterocycles. The van der Waals surface area contributed by atoms with Crippen LogP contribution in [0.2, 0.25) is 0 Å². The quantitative estimate of drug-likeness (QED) is 0.281. The lowest BCUT2D eigenvalue weighted by Crippen LogP contribution is -2.29. The van der Waals surface area contributed by atoms with E-state index in [-0.39, 0.29) is 17.2 Å². The Hall–Kier alpha value is -4.13. The van der Waals surface area contributed by atoms with Crippen LogP contribution in [0, 0.1) is 6.92 Å². The second kappa shape index (κ2) is 8.31. The highest BCUT2D eigenvalue weighted by Gasteiger charge is 2.48. The van der Waals surface area contributed by atoms with Gasteiger partial charge in [0, 0.05) is 11.6 Å². The number of aliphatic hydroxyl groups excluding tert-OH is 1. The SMILES string of the molecule is C=CCOc1cccc(C2/C(=C(/O)c3ccccc3)C(=O)C(=O)N2c2cc(C)on2)c1. The number of carbonyl (C=O) groups excluding carboxylic acids is 2. The molecule has 1 atom stereocenters. The van der Waals surface area contributed by atoms with Crippen molar-refractivity contribution in [2.24, 2.45) is 0 Å². The van der Waals surface area contributed by atoms with E-state index in [1.165, 1.54) is 4.90 Å². The summed E-state index contributed by atoms with van der Waals surface area (Å²) < 4.78 is 10.7. The predicted molar refractivity (Wildman–Crippen MR) is 115 cm³/mol. The molecular weight excluding hydrogens is 396 g/mol. The first-order valence-corrected chi connectivity index (χ1v) is 9.64. The van der Waals surface area contributed by atoms with E-state index >= 15 is 0 Å². The summed E-state index contributed by atoms with van der Waals surface area (Å²) in [7, 11) is 0. The number of amides is 1. The number of ether oxygens (including phenoxy) is 1. The fourth-order valence-electron chi connectivity index (χ4n) is 3.53. The van der Waals surface area contributed by atoms with Gasteiger partial charge in [-0.05, 0) is 24.6 Å².